The summed E-state index contributed by atoms with van der Waals surface area (Å²) in [5, 5.41) is 6.40. The molecule has 0 amide bonds. The maximum atomic E-state index is 5.50. The van der Waals surface area contributed by atoms with Crippen molar-refractivity contribution in [3.8, 4) is 27.9 Å². The Bertz CT molecular complexity index is 3690. The Labute approximate surface area is 404 Å². The molecule has 3 aliphatic carbocycles. The van der Waals surface area contributed by atoms with Gasteiger partial charge in [-0.2, -0.15) is 0 Å². The van der Waals surface area contributed by atoms with Crippen LogP contribution in [0.4, 0.5) is 0 Å². The van der Waals surface area contributed by atoms with Gasteiger partial charge in [-0.05, 0) is 148 Å². The monoisotopic (exact) mass is 887 g/mol. The fraction of sp³-hybridized carbons (Fsp3) is 0.152. The van der Waals surface area contributed by atoms with Gasteiger partial charge in [-0.1, -0.05) is 182 Å². The molecular weight excluding hydrogens is 835 g/mol. The predicted molar refractivity (Wildman–Crippen MR) is 291 cm³/mol. The summed E-state index contributed by atoms with van der Waals surface area (Å²) in [7, 11) is 0. The highest BCUT2D eigenvalue weighted by atomic mass is 15.0. The highest BCUT2D eigenvalue weighted by Gasteiger charge is 2.29. The lowest BCUT2D eigenvalue weighted by Crippen LogP contribution is -2.13. The molecule has 1 aliphatic heterocycles. The van der Waals surface area contributed by atoms with Crippen LogP contribution in [0.2, 0.25) is 0 Å². The first-order valence-corrected chi connectivity index (χ1v) is 24.9. The topological polar surface area (TPSA) is 29.6 Å². The van der Waals surface area contributed by atoms with Crippen molar-refractivity contribution < 1.29 is 0 Å². The number of rotatable bonds is 6. The van der Waals surface area contributed by atoms with Crippen LogP contribution in [0.1, 0.15) is 84.0 Å². The quantitative estimate of drug-likeness (QED) is 0.159. The Morgan fingerprint density at radius 1 is 0.551 bits per heavy atom. The number of allylic oxidation sites excluding steroid dienone is 6. The molecule has 3 nitrogen and oxygen atoms in total. The molecule has 3 heteroatoms. The molecule has 13 rings (SSSR count). The molecule has 2 unspecified atom stereocenters. The summed E-state index contributed by atoms with van der Waals surface area (Å²) in [5.41, 5.74) is 20.5. The van der Waals surface area contributed by atoms with Crippen LogP contribution in [0.5, 0.6) is 0 Å². The highest BCUT2D eigenvalue weighted by molar-refractivity contribution is 6.14. The van der Waals surface area contributed by atoms with Crippen LogP contribution in [-0.2, 0) is 12.8 Å². The highest BCUT2D eigenvalue weighted by Crippen LogP contribution is 2.47. The van der Waals surface area contributed by atoms with E-state index < -0.39 is 0 Å². The van der Waals surface area contributed by atoms with Crippen LogP contribution in [0.15, 0.2) is 221 Å². The van der Waals surface area contributed by atoms with E-state index >= 15 is 0 Å². The van der Waals surface area contributed by atoms with Crippen molar-refractivity contribution in [2.45, 2.75) is 57.8 Å². The number of nitrogens with zero attached hydrogens (tertiary/aromatic N) is 3. The summed E-state index contributed by atoms with van der Waals surface area (Å²) in [6.45, 7) is 2.27. The molecule has 0 bridgehead atoms. The van der Waals surface area contributed by atoms with E-state index in [1.54, 1.807) is 0 Å². The Morgan fingerprint density at radius 2 is 1.30 bits per heavy atom. The number of hydrogen-bond acceptors (Lipinski definition) is 2. The van der Waals surface area contributed by atoms with Crippen LogP contribution < -0.4 is 0 Å². The zero-order chi connectivity index (χ0) is 45.8. The fourth-order valence-electron chi connectivity index (χ4n) is 11.8. The minimum Gasteiger partial charge on any atom is -0.313 e. The Hall–Kier alpha value is -7.88. The minimum atomic E-state index is 0.238. The lowest BCUT2D eigenvalue weighted by Gasteiger charge is -2.21. The minimum absolute atomic E-state index is 0.238. The van der Waals surface area contributed by atoms with E-state index in [0.29, 0.717) is 5.92 Å². The van der Waals surface area contributed by atoms with E-state index in [0.717, 1.165) is 73.3 Å². The van der Waals surface area contributed by atoms with Crippen molar-refractivity contribution in [3.05, 3.63) is 251 Å². The van der Waals surface area contributed by atoms with E-state index in [2.05, 4.69) is 218 Å². The maximum absolute atomic E-state index is 5.50. The first kappa shape index (κ1) is 41.3. The second kappa shape index (κ2) is 17.3. The van der Waals surface area contributed by atoms with Gasteiger partial charge in [0.15, 0.2) is 5.84 Å². The number of amidine groups is 1. The zero-order valence-corrected chi connectivity index (χ0v) is 39.1. The first-order chi connectivity index (χ1) is 34.1. The zero-order valence-electron chi connectivity index (χ0n) is 39.1. The van der Waals surface area contributed by atoms with Crippen molar-refractivity contribution in [2.75, 3.05) is 0 Å². The number of fused-ring (bicyclic) bond motifs is 9. The molecule has 0 saturated heterocycles. The van der Waals surface area contributed by atoms with Gasteiger partial charge < -0.3 is 4.57 Å². The number of hydrogen-bond donors (Lipinski definition) is 0. The number of aryl methyl sites for hydroxylation is 1. The molecule has 4 aliphatic rings. The van der Waals surface area contributed by atoms with Crippen molar-refractivity contribution in [1.82, 2.24) is 4.57 Å². The van der Waals surface area contributed by atoms with Crippen molar-refractivity contribution in [2.24, 2.45) is 15.9 Å². The Morgan fingerprint density at radius 3 is 2.16 bits per heavy atom. The Balaban J connectivity index is 0.911. The molecular formula is C66H53N3. The molecule has 332 valence electrons. The molecule has 0 fully saturated rings. The van der Waals surface area contributed by atoms with Gasteiger partial charge in [0.2, 0.25) is 0 Å². The maximum Gasteiger partial charge on any atom is 0.159 e. The fourth-order valence-corrected chi connectivity index (χ4v) is 11.8. The largest absolute Gasteiger partial charge is 0.313 e. The molecule has 9 aromatic rings. The summed E-state index contributed by atoms with van der Waals surface area (Å²) in [5.74, 6) is 1.33. The van der Waals surface area contributed by atoms with Gasteiger partial charge in [-0.15, -0.1) is 0 Å². The van der Waals surface area contributed by atoms with Gasteiger partial charge in [0.05, 0.1) is 11.2 Å². The van der Waals surface area contributed by atoms with Gasteiger partial charge in [0, 0.05) is 45.4 Å². The van der Waals surface area contributed by atoms with Crippen LogP contribution in [0.25, 0.3) is 66.5 Å². The summed E-state index contributed by atoms with van der Waals surface area (Å²) < 4.78 is 2.58. The van der Waals surface area contributed by atoms with Crippen molar-refractivity contribution >= 4 is 50.1 Å². The third-order valence-corrected chi connectivity index (χ3v) is 15.3. The number of aromatic nitrogens is 1. The van der Waals surface area contributed by atoms with E-state index in [1.165, 1.54) is 93.9 Å². The standard InChI is InChI=1S/C66H53N3/c1-43-25-38-61(48-28-26-45(27-29-48)44-15-5-2-6-16-44)67-66(68-65(43)49-20-9-4-10-21-49)53-31-30-51-40-54(35-32-50(51)39-53)69-62-24-14-13-23-57(62)60-42-59-52(41-63(60)69)34-36-56(46-17-7-3-8-18-46)64-55-22-12-11-19-47(55)33-37-58(59)64/h2-13,15-20,22-23,26-33,35,37,39-42,49,56H,14,21,24-25,34,36,38H2,1H3/b65-43-,67-61+,68-66-. The number of aliphatic imine (C=N–C) groups is 2. The van der Waals surface area contributed by atoms with Crippen LogP contribution in [0.3, 0.4) is 0 Å². The molecule has 8 aromatic carbocycles. The van der Waals surface area contributed by atoms with Crippen molar-refractivity contribution in [3.63, 3.8) is 0 Å². The average molecular weight is 888 g/mol. The van der Waals surface area contributed by atoms with Gasteiger partial charge in [0.1, 0.15) is 0 Å². The second-order valence-corrected chi connectivity index (χ2v) is 19.4. The summed E-state index contributed by atoms with van der Waals surface area (Å²) >= 11 is 0. The summed E-state index contributed by atoms with van der Waals surface area (Å²) in [6, 6.07) is 63.4. The lowest BCUT2D eigenvalue weighted by molar-refractivity contribution is 0.730. The molecule has 1 aromatic heterocycles. The summed E-state index contributed by atoms with van der Waals surface area (Å²) in [6.07, 6.45) is 20.5. The molecule has 0 N–H and O–H groups in total. The van der Waals surface area contributed by atoms with E-state index in [4.69, 9.17) is 9.98 Å². The van der Waals surface area contributed by atoms with E-state index in [-0.39, 0.29) is 5.92 Å². The van der Waals surface area contributed by atoms with Crippen LogP contribution in [0, 0.1) is 5.92 Å². The van der Waals surface area contributed by atoms with Crippen LogP contribution >= 0.6 is 0 Å². The first-order valence-electron chi connectivity index (χ1n) is 24.9. The third kappa shape index (κ3) is 7.45. The molecule has 69 heavy (non-hydrogen) atoms. The van der Waals surface area contributed by atoms with Gasteiger partial charge in [0.25, 0.3) is 0 Å². The Kier molecular flexibility index (Phi) is 10.4. The molecule has 2 heterocycles. The predicted octanol–water partition coefficient (Wildman–Crippen LogP) is 16.7. The van der Waals surface area contributed by atoms with Crippen LogP contribution in [-0.4, -0.2) is 16.1 Å². The molecule has 2 atom stereocenters. The average Bonchev–Trinajstić information content (AvgIpc) is 3.63. The van der Waals surface area contributed by atoms with Gasteiger partial charge in [-0.25, -0.2) is 9.98 Å². The SMILES string of the molecule is C/C1=C(C2C=CC=CC2)/N=C(c2ccc3cc(-n4c5c(c6cc7c(cc64)CCC(c4ccccc4)c4c-7ccc6ccccc46)C=CCC5)ccc3c2)\N=C(\c2ccc(-c3ccccc3)cc2)CC1. The number of benzene rings is 8. The smallest absolute Gasteiger partial charge is 0.159 e. The van der Waals surface area contributed by atoms with Crippen molar-refractivity contribution in [1.29, 1.82) is 0 Å². The van der Waals surface area contributed by atoms with E-state index in [1.807, 2.05) is 0 Å². The molecule has 0 spiro atoms. The van der Waals surface area contributed by atoms with E-state index in [9.17, 15) is 0 Å². The molecule has 0 radical (unpaired) electrons. The lowest BCUT2D eigenvalue weighted by atomic mass is 9.82. The third-order valence-electron chi connectivity index (χ3n) is 15.3. The van der Waals surface area contributed by atoms with Gasteiger partial charge >= 0.3 is 0 Å². The van der Waals surface area contributed by atoms with Gasteiger partial charge in [-0.3, -0.25) is 0 Å². The summed E-state index contributed by atoms with van der Waals surface area (Å²) in [4.78, 5) is 11.0. The second-order valence-electron chi connectivity index (χ2n) is 19.4. The normalized spacial score (nSPS) is 20.3. The molecule has 0 saturated carbocycles.